The van der Waals surface area contributed by atoms with Crippen LogP contribution in [0.2, 0.25) is 0 Å². The summed E-state index contributed by atoms with van der Waals surface area (Å²) in [5.74, 6) is 0. The van der Waals surface area contributed by atoms with Gasteiger partial charge in [-0.25, -0.2) is 4.98 Å². The number of thiazole rings is 1. The summed E-state index contributed by atoms with van der Waals surface area (Å²) in [6.45, 7) is 11.9. The maximum absolute atomic E-state index is 4.42. The Morgan fingerprint density at radius 2 is 1.80 bits per heavy atom. The summed E-state index contributed by atoms with van der Waals surface area (Å²) in [4.78, 5) is 5.73. The van der Waals surface area contributed by atoms with E-state index in [0.717, 1.165) is 18.0 Å². The first-order chi connectivity index (χ1) is 9.52. The number of hydrogen-bond donors (Lipinski definition) is 1. The largest absolute Gasteiger partial charge is 0.306 e. The Kier molecular flexibility index (Phi) is 4.95. The van der Waals surface area contributed by atoms with Crippen LogP contribution in [0.25, 0.3) is 0 Å². The third-order valence-corrected chi connectivity index (χ3v) is 4.69. The molecule has 2 nitrogen and oxygen atoms in total. The molecular formula is C17H24N2S. The molecule has 1 heterocycles. The summed E-state index contributed by atoms with van der Waals surface area (Å²) in [6, 6.07) is 4.88. The molecule has 108 valence electrons. The van der Waals surface area contributed by atoms with Crippen molar-refractivity contribution in [3.63, 3.8) is 0 Å². The van der Waals surface area contributed by atoms with E-state index in [1.54, 1.807) is 11.3 Å². The fourth-order valence-corrected chi connectivity index (χ4v) is 3.34. The summed E-state index contributed by atoms with van der Waals surface area (Å²) in [6.07, 6.45) is 3.15. The SMILES string of the molecule is CCCNC(c1cnc(C)s1)c1cc(C)c(C)cc1C. The van der Waals surface area contributed by atoms with Crippen molar-refractivity contribution in [1.82, 2.24) is 10.3 Å². The van der Waals surface area contributed by atoms with Crippen molar-refractivity contribution in [2.75, 3.05) is 6.54 Å². The molecule has 2 aromatic rings. The molecular weight excluding hydrogens is 264 g/mol. The molecule has 1 N–H and O–H groups in total. The summed E-state index contributed by atoms with van der Waals surface area (Å²) in [5, 5.41) is 4.80. The molecule has 1 aromatic carbocycles. The summed E-state index contributed by atoms with van der Waals surface area (Å²) in [7, 11) is 0. The zero-order valence-electron chi connectivity index (χ0n) is 13.1. The van der Waals surface area contributed by atoms with Gasteiger partial charge in [-0.1, -0.05) is 19.1 Å². The topological polar surface area (TPSA) is 24.9 Å². The van der Waals surface area contributed by atoms with Crippen LogP contribution in [0.15, 0.2) is 18.3 Å². The highest BCUT2D eigenvalue weighted by Gasteiger charge is 2.18. The molecule has 0 saturated heterocycles. The van der Waals surface area contributed by atoms with Crippen LogP contribution in [0.4, 0.5) is 0 Å². The van der Waals surface area contributed by atoms with Gasteiger partial charge in [0.25, 0.3) is 0 Å². The molecule has 20 heavy (non-hydrogen) atoms. The van der Waals surface area contributed by atoms with Gasteiger partial charge in [-0.15, -0.1) is 11.3 Å². The molecule has 0 bridgehead atoms. The maximum atomic E-state index is 4.42. The van der Waals surface area contributed by atoms with E-state index >= 15 is 0 Å². The zero-order chi connectivity index (χ0) is 14.7. The molecule has 0 aliphatic carbocycles. The average molecular weight is 288 g/mol. The van der Waals surface area contributed by atoms with Crippen molar-refractivity contribution in [2.24, 2.45) is 0 Å². The van der Waals surface area contributed by atoms with Crippen molar-refractivity contribution >= 4 is 11.3 Å². The van der Waals surface area contributed by atoms with E-state index in [0.29, 0.717) is 0 Å². The van der Waals surface area contributed by atoms with Crippen LogP contribution in [-0.4, -0.2) is 11.5 Å². The highest BCUT2D eigenvalue weighted by Crippen LogP contribution is 2.30. The van der Waals surface area contributed by atoms with E-state index in [1.807, 2.05) is 6.20 Å². The molecule has 2 rings (SSSR count). The van der Waals surface area contributed by atoms with Gasteiger partial charge in [0, 0.05) is 11.1 Å². The summed E-state index contributed by atoms with van der Waals surface area (Å²) < 4.78 is 0. The van der Waals surface area contributed by atoms with E-state index in [9.17, 15) is 0 Å². The number of benzene rings is 1. The third-order valence-electron chi connectivity index (χ3n) is 3.72. The highest BCUT2D eigenvalue weighted by atomic mass is 32.1. The molecule has 0 aliphatic rings. The van der Waals surface area contributed by atoms with E-state index in [2.05, 4.69) is 57.1 Å². The van der Waals surface area contributed by atoms with Gasteiger partial charge in [-0.3, -0.25) is 0 Å². The van der Waals surface area contributed by atoms with Gasteiger partial charge in [-0.2, -0.15) is 0 Å². The number of rotatable bonds is 5. The smallest absolute Gasteiger partial charge is 0.0897 e. The molecule has 3 heteroatoms. The lowest BCUT2D eigenvalue weighted by atomic mass is 9.95. The number of aromatic nitrogens is 1. The van der Waals surface area contributed by atoms with Crippen LogP contribution in [0.1, 0.15) is 51.5 Å². The summed E-state index contributed by atoms with van der Waals surface area (Å²) >= 11 is 1.79. The first-order valence-electron chi connectivity index (χ1n) is 7.26. The van der Waals surface area contributed by atoms with Crippen LogP contribution in [0, 0.1) is 27.7 Å². The van der Waals surface area contributed by atoms with Gasteiger partial charge in [-0.05, 0) is 62.9 Å². The molecule has 1 atom stereocenters. The minimum Gasteiger partial charge on any atom is -0.306 e. The van der Waals surface area contributed by atoms with Gasteiger partial charge in [0.05, 0.1) is 11.0 Å². The first kappa shape index (κ1) is 15.2. The molecule has 0 spiro atoms. The molecule has 1 unspecified atom stereocenters. The number of nitrogens with one attached hydrogen (secondary N) is 1. The van der Waals surface area contributed by atoms with Crippen molar-refractivity contribution in [3.05, 3.63) is 50.5 Å². The summed E-state index contributed by atoms with van der Waals surface area (Å²) in [5.41, 5.74) is 5.45. The van der Waals surface area contributed by atoms with Gasteiger partial charge in [0.15, 0.2) is 0 Å². The third kappa shape index (κ3) is 3.28. The highest BCUT2D eigenvalue weighted by molar-refractivity contribution is 7.11. The molecule has 0 aliphatic heterocycles. The van der Waals surface area contributed by atoms with Crippen molar-refractivity contribution in [2.45, 2.75) is 47.1 Å². The monoisotopic (exact) mass is 288 g/mol. The molecule has 1 aromatic heterocycles. The standard InChI is InChI=1S/C17H24N2S/c1-6-7-18-17(16-10-19-14(5)20-16)15-9-12(3)11(2)8-13(15)4/h8-10,17-18H,6-7H2,1-5H3. The lowest BCUT2D eigenvalue weighted by Gasteiger charge is -2.21. The second-order valence-corrected chi connectivity index (χ2v) is 6.73. The first-order valence-corrected chi connectivity index (χ1v) is 8.08. The minimum absolute atomic E-state index is 0.264. The van der Waals surface area contributed by atoms with E-state index in [4.69, 9.17) is 0 Å². The van der Waals surface area contributed by atoms with Crippen molar-refractivity contribution < 1.29 is 0 Å². The Balaban J connectivity index is 2.43. The number of nitrogens with zero attached hydrogens (tertiary/aromatic N) is 1. The van der Waals surface area contributed by atoms with Crippen LogP contribution < -0.4 is 5.32 Å². The lowest BCUT2D eigenvalue weighted by Crippen LogP contribution is -2.23. The quantitative estimate of drug-likeness (QED) is 0.878. The van der Waals surface area contributed by atoms with Crippen LogP contribution in [-0.2, 0) is 0 Å². The van der Waals surface area contributed by atoms with Crippen LogP contribution in [0.5, 0.6) is 0 Å². The van der Waals surface area contributed by atoms with Crippen molar-refractivity contribution in [1.29, 1.82) is 0 Å². The normalized spacial score (nSPS) is 12.7. The van der Waals surface area contributed by atoms with E-state index in [1.165, 1.54) is 27.1 Å². The van der Waals surface area contributed by atoms with E-state index < -0.39 is 0 Å². The Labute approximate surface area is 126 Å². The second kappa shape index (κ2) is 6.51. The van der Waals surface area contributed by atoms with Crippen LogP contribution in [0.3, 0.4) is 0 Å². The lowest BCUT2D eigenvalue weighted by molar-refractivity contribution is 0.602. The maximum Gasteiger partial charge on any atom is 0.0897 e. The molecule has 0 amide bonds. The predicted octanol–water partition coefficient (Wildman–Crippen LogP) is 4.47. The van der Waals surface area contributed by atoms with Crippen molar-refractivity contribution in [3.8, 4) is 0 Å². The second-order valence-electron chi connectivity index (χ2n) is 5.46. The Bertz CT molecular complexity index is 587. The van der Waals surface area contributed by atoms with Gasteiger partial charge in [0.1, 0.15) is 0 Å². The van der Waals surface area contributed by atoms with Gasteiger partial charge in [0.2, 0.25) is 0 Å². The Hall–Kier alpha value is -1.19. The minimum atomic E-state index is 0.264. The zero-order valence-corrected chi connectivity index (χ0v) is 13.9. The fraction of sp³-hybridized carbons (Fsp3) is 0.471. The number of hydrogen-bond acceptors (Lipinski definition) is 3. The molecule has 0 fully saturated rings. The van der Waals surface area contributed by atoms with Crippen LogP contribution >= 0.6 is 11.3 Å². The number of aryl methyl sites for hydroxylation is 4. The Morgan fingerprint density at radius 3 is 2.40 bits per heavy atom. The van der Waals surface area contributed by atoms with Gasteiger partial charge < -0.3 is 5.32 Å². The average Bonchev–Trinajstić information content (AvgIpc) is 2.82. The predicted molar refractivity (Wildman–Crippen MR) is 87.6 cm³/mol. The Morgan fingerprint density at radius 1 is 1.10 bits per heavy atom. The van der Waals surface area contributed by atoms with Gasteiger partial charge >= 0.3 is 0 Å². The fourth-order valence-electron chi connectivity index (χ4n) is 2.46. The molecule has 0 radical (unpaired) electrons. The molecule has 0 saturated carbocycles. The van der Waals surface area contributed by atoms with E-state index in [-0.39, 0.29) is 6.04 Å².